The molecule has 1 aromatic carbocycles. The van der Waals surface area contributed by atoms with Gasteiger partial charge in [-0.15, -0.1) is 0 Å². The van der Waals surface area contributed by atoms with E-state index in [2.05, 4.69) is 63.1 Å². The monoisotopic (exact) mass is 365 g/mol. The van der Waals surface area contributed by atoms with Crippen molar-refractivity contribution in [3.05, 3.63) is 54.0 Å². The fraction of sp³-hybridized carbons (Fsp3) is 0.409. The summed E-state index contributed by atoms with van der Waals surface area (Å²) in [6.07, 6.45) is 5.77. The molecule has 1 aliphatic rings. The van der Waals surface area contributed by atoms with Crippen molar-refractivity contribution >= 4 is 22.3 Å². The molecule has 0 radical (unpaired) electrons. The zero-order valence-corrected chi connectivity index (χ0v) is 17.2. The summed E-state index contributed by atoms with van der Waals surface area (Å²) in [4.78, 5) is 4.60. The molecule has 2 aromatic rings. The number of anilines is 1. The van der Waals surface area contributed by atoms with Crippen LogP contribution in [0.4, 0.5) is 5.82 Å². The predicted octanol–water partition coefficient (Wildman–Crippen LogP) is 4.30. The fourth-order valence-electron chi connectivity index (χ4n) is 4.12. The van der Waals surface area contributed by atoms with E-state index in [1.807, 2.05) is 18.3 Å². The normalized spacial score (nSPS) is 19.2. The van der Waals surface area contributed by atoms with Crippen LogP contribution in [-0.4, -0.2) is 17.0 Å². The smallest absolute Gasteiger partial charge is 0.130 e. The summed E-state index contributed by atoms with van der Waals surface area (Å²) in [7, 11) is 1.75. The summed E-state index contributed by atoms with van der Waals surface area (Å²) >= 11 is 0. The number of hydrogen-bond donors (Lipinski definition) is 3. The molecule has 0 amide bonds. The molecule has 1 heterocycles. The summed E-state index contributed by atoms with van der Waals surface area (Å²) in [5.74, 6) is 7.02. The Morgan fingerprint density at radius 1 is 1.15 bits per heavy atom. The van der Waals surface area contributed by atoms with Gasteiger partial charge in [0.25, 0.3) is 0 Å². The van der Waals surface area contributed by atoms with Crippen LogP contribution < -0.4 is 16.9 Å². The molecule has 0 aliphatic heterocycles. The van der Waals surface area contributed by atoms with E-state index in [4.69, 9.17) is 11.6 Å². The van der Waals surface area contributed by atoms with E-state index in [0.717, 1.165) is 22.2 Å². The Kier molecular flexibility index (Phi) is 4.68. The lowest BCUT2D eigenvalue weighted by molar-refractivity contribution is 0.457. The summed E-state index contributed by atoms with van der Waals surface area (Å²) < 4.78 is 0. The fourth-order valence-corrected chi connectivity index (χ4v) is 4.12. The SMILES string of the molecule is C/C=C(\Nc1cc2cc(/C(N)=C/N(C)N)ccc2cn1)C1C(C)(C)C1(C)C. The third-order valence-corrected chi connectivity index (χ3v) is 6.31. The number of benzene rings is 1. The van der Waals surface area contributed by atoms with Gasteiger partial charge in [-0.1, -0.05) is 45.9 Å². The number of rotatable bonds is 5. The van der Waals surface area contributed by atoms with Crippen LogP contribution in [0.2, 0.25) is 0 Å². The number of allylic oxidation sites excluding steroid dienone is 2. The lowest BCUT2D eigenvalue weighted by Gasteiger charge is -2.13. The van der Waals surface area contributed by atoms with Crippen molar-refractivity contribution in [1.29, 1.82) is 0 Å². The minimum atomic E-state index is 0.277. The largest absolute Gasteiger partial charge is 0.397 e. The molecule has 0 atom stereocenters. The maximum atomic E-state index is 6.13. The maximum absolute atomic E-state index is 6.13. The molecular formula is C22H31N5. The molecular weight excluding hydrogens is 334 g/mol. The van der Waals surface area contributed by atoms with E-state index < -0.39 is 0 Å². The highest BCUT2D eigenvalue weighted by Gasteiger charge is 2.65. The maximum Gasteiger partial charge on any atom is 0.130 e. The molecule has 5 N–H and O–H groups in total. The number of aromatic nitrogens is 1. The highest BCUT2D eigenvalue weighted by atomic mass is 15.4. The standard InChI is InChI=1S/C22H31N5/c1-7-18(20-21(2,3)22(20,4)5)26-19-11-16-10-14(17(23)13-27(6)24)8-9-15(16)12-25-19/h7-13,20H,23-24H2,1-6H3,(H,25,26)/b17-13-,18-7-. The Morgan fingerprint density at radius 2 is 1.81 bits per heavy atom. The van der Waals surface area contributed by atoms with Gasteiger partial charge in [0, 0.05) is 36.4 Å². The van der Waals surface area contributed by atoms with Crippen LogP contribution in [0.3, 0.4) is 0 Å². The van der Waals surface area contributed by atoms with E-state index in [-0.39, 0.29) is 10.8 Å². The second-order valence-corrected chi connectivity index (χ2v) is 8.63. The van der Waals surface area contributed by atoms with Crippen LogP contribution in [0.5, 0.6) is 0 Å². The number of nitrogens with one attached hydrogen (secondary N) is 1. The summed E-state index contributed by atoms with van der Waals surface area (Å²) in [6.45, 7) is 11.4. The van der Waals surface area contributed by atoms with Crippen LogP contribution in [0, 0.1) is 16.7 Å². The van der Waals surface area contributed by atoms with Crippen LogP contribution in [0.1, 0.15) is 40.2 Å². The molecule has 5 heteroatoms. The average Bonchev–Trinajstić information content (AvgIpc) is 3.00. The molecule has 3 rings (SSSR count). The first-order valence-electron chi connectivity index (χ1n) is 9.36. The Bertz CT molecular complexity index is 907. The Morgan fingerprint density at radius 3 is 2.37 bits per heavy atom. The van der Waals surface area contributed by atoms with Crippen molar-refractivity contribution in [2.24, 2.45) is 28.3 Å². The van der Waals surface area contributed by atoms with Gasteiger partial charge >= 0.3 is 0 Å². The predicted molar refractivity (Wildman–Crippen MR) is 114 cm³/mol. The van der Waals surface area contributed by atoms with Crippen molar-refractivity contribution < 1.29 is 0 Å². The van der Waals surface area contributed by atoms with Crippen LogP contribution in [0.15, 0.2) is 48.4 Å². The first-order chi connectivity index (χ1) is 12.6. The molecule has 1 aliphatic carbocycles. The Balaban J connectivity index is 1.90. The molecule has 0 bridgehead atoms. The molecule has 1 saturated carbocycles. The first kappa shape index (κ1) is 19.2. The summed E-state index contributed by atoms with van der Waals surface area (Å²) in [5, 5.41) is 7.17. The summed E-state index contributed by atoms with van der Waals surface area (Å²) in [6, 6.07) is 8.16. The zero-order chi connectivity index (χ0) is 20.0. The second kappa shape index (κ2) is 6.57. The minimum Gasteiger partial charge on any atom is -0.397 e. The third-order valence-electron chi connectivity index (χ3n) is 6.31. The molecule has 0 spiro atoms. The Hall–Kier alpha value is -2.53. The van der Waals surface area contributed by atoms with Gasteiger partial charge in [-0.2, -0.15) is 0 Å². The van der Waals surface area contributed by atoms with Gasteiger partial charge in [-0.05, 0) is 40.8 Å². The van der Waals surface area contributed by atoms with E-state index in [0.29, 0.717) is 11.6 Å². The van der Waals surface area contributed by atoms with Gasteiger partial charge < -0.3 is 16.1 Å². The van der Waals surface area contributed by atoms with Crippen molar-refractivity contribution in [3.63, 3.8) is 0 Å². The molecule has 27 heavy (non-hydrogen) atoms. The van der Waals surface area contributed by atoms with E-state index in [1.165, 1.54) is 10.7 Å². The molecule has 0 saturated heterocycles. The quantitative estimate of drug-likeness (QED) is 0.544. The Labute approximate surface area is 162 Å². The number of nitrogens with zero attached hydrogens (tertiary/aromatic N) is 2. The van der Waals surface area contributed by atoms with E-state index in [1.54, 1.807) is 13.2 Å². The number of hydrogen-bond acceptors (Lipinski definition) is 5. The van der Waals surface area contributed by atoms with Gasteiger partial charge in [0.15, 0.2) is 0 Å². The van der Waals surface area contributed by atoms with Gasteiger partial charge in [0.05, 0.1) is 5.70 Å². The van der Waals surface area contributed by atoms with E-state index in [9.17, 15) is 0 Å². The lowest BCUT2D eigenvalue weighted by atomic mass is 10.0. The van der Waals surface area contributed by atoms with E-state index >= 15 is 0 Å². The van der Waals surface area contributed by atoms with Crippen molar-refractivity contribution in [1.82, 2.24) is 9.99 Å². The highest BCUT2D eigenvalue weighted by Crippen LogP contribution is 2.70. The van der Waals surface area contributed by atoms with Crippen LogP contribution in [-0.2, 0) is 0 Å². The van der Waals surface area contributed by atoms with Gasteiger partial charge in [0.2, 0.25) is 0 Å². The molecule has 0 unspecified atom stereocenters. The second-order valence-electron chi connectivity index (χ2n) is 8.63. The summed E-state index contributed by atoms with van der Waals surface area (Å²) in [5.41, 5.74) is 9.49. The lowest BCUT2D eigenvalue weighted by Crippen LogP contribution is -2.20. The molecule has 1 aromatic heterocycles. The van der Waals surface area contributed by atoms with Gasteiger partial charge in [-0.3, -0.25) is 0 Å². The van der Waals surface area contributed by atoms with Crippen molar-refractivity contribution in [3.8, 4) is 0 Å². The zero-order valence-electron chi connectivity index (χ0n) is 17.2. The average molecular weight is 366 g/mol. The van der Waals surface area contributed by atoms with Crippen LogP contribution >= 0.6 is 0 Å². The number of nitrogens with two attached hydrogens (primary N) is 2. The van der Waals surface area contributed by atoms with Crippen molar-refractivity contribution in [2.75, 3.05) is 12.4 Å². The number of pyridine rings is 1. The topological polar surface area (TPSA) is 80.2 Å². The third kappa shape index (κ3) is 3.39. The van der Waals surface area contributed by atoms with Crippen molar-refractivity contribution in [2.45, 2.75) is 34.6 Å². The van der Waals surface area contributed by atoms with Gasteiger partial charge in [-0.25, -0.2) is 10.8 Å². The number of hydrazine groups is 1. The minimum absolute atomic E-state index is 0.277. The molecule has 144 valence electrons. The van der Waals surface area contributed by atoms with Gasteiger partial charge in [0.1, 0.15) is 5.82 Å². The first-order valence-corrected chi connectivity index (χ1v) is 9.36. The number of fused-ring (bicyclic) bond motifs is 1. The highest BCUT2D eigenvalue weighted by molar-refractivity contribution is 5.87. The van der Waals surface area contributed by atoms with Crippen LogP contribution in [0.25, 0.3) is 16.5 Å². The molecule has 1 fully saturated rings. The molecule has 5 nitrogen and oxygen atoms in total.